The number of aromatic nitrogens is 1. The van der Waals surface area contributed by atoms with Crippen molar-refractivity contribution in [3.05, 3.63) is 72.2 Å². The van der Waals surface area contributed by atoms with Crippen LogP contribution in [0.15, 0.2) is 65.1 Å². The molecule has 0 spiro atoms. The molecule has 2 aromatic heterocycles. The van der Waals surface area contributed by atoms with Crippen molar-refractivity contribution in [1.82, 2.24) is 14.8 Å². The lowest BCUT2D eigenvalue weighted by Gasteiger charge is -2.33. The van der Waals surface area contributed by atoms with Crippen LogP contribution in [0.2, 0.25) is 0 Å². The van der Waals surface area contributed by atoms with Crippen LogP contribution in [-0.4, -0.2) is 59.3 Å². The Labute approximate surface area is 193 Å². The van der Waals surface area contributed by atoms with E-state index in [1.165, 1.54) is 35.6 Å². The summed E-state index contributed by atoms with van der Waals surface area (Å²) in [4.78, 5) is 33.5. The van der Waals surface area contributed by atoms with Gasteiger partial charge in [0.1, 0.15) is 5.82 Å². The van der Waals surface area contributed by atoms with Crippen LogP contribution < -0.4 is 5.32 Å². The summed E-state index contributed by atoms with van der Waals surface area (Å²) in [5.74, 6) is 0.172. The fourth-order valence-electron chi connectivity index (χ4n) is 3.75. The lowest BCUT2D eigenvalue weighted by molar-refractivity contribution is -0.117. The van der Waals surface area contributed by atoms with Gasteiger partial charge in [-0.05, 0) is 48.5 Å². The summed E-state index contributed by atoms with van der Waals surface area (Å²) in [6.45, 7) is 2.36. The lowest BCUT2D eigenvalue weighted by Crippen LogP contribution is -2.50. The smallest absolute Gasteiger partial charge is 0.289 e. The van der Waals surface area contributed by atoms with Crippen LogP contribution >= 0.6 is 11.3 Å². The molecule has 0 atom stereocenters. The summed E-state index contributed by atoms with van der Waals surface area (Å²) in [6.07, 6.45) is 0. The summed E-state index contributed by atoms with van der Waals surface area (Å²) in [5, 5.41) is 3.50. The molecule has 7 nitrogen and oxygen atoms in total. The van der Waals surface area contributed by atoms with Crippen molar-refractivity contribution in [3.63, 3.8) is 0 Å². The molecule has 3 heterocycles. The topological polar surface area (TPSA) is 78.7 Å². The van der Waals surface area contributed by atoms with E-state index in [4.69, 9.17) is 4.42 Å². The number of anilines is 1. The molecule has 168 valence electrons. The number of piperazine rings is 1. The fourth-order valence-corrected chi connectivity index (χ4v) is 4.67. The van der Waals surface area contributed by atoms with Crippen LogP contribution in [0, 0.1) is 5.82 Å². The molecular weight excluding hydrogens is 443 g/mol. The van der Waals surface area contributed by atoms with Gasteiger partial charge in [0, 0.05) is 31.9 Å². The SMILES string of the molecule is O=C(CN1CCN(C(=O)c2ccc(-c3nc4ccccc4s3)o2)CC1)Nc1ccc(F)cc1. The van der Waals surface area contributed by atoms with Crippen molar-refractivity contribution < 1.29 is 18.4 Å². The fraction of sp³-hybridized carbons (Fsp3) is 0.208. The van der Waals surface area contributed by atoms with E-state index in [2.05, 4.69) is 10.3 Å². The first kappa shape index (κ1) is 21.3. The molecule has 1 saturated heterocycles. The second-order valence-corrected chi connectivity index (χ2v) is 8.80. The minimum Gasteiger partial charge on any atom is -0.448 e. The second kappa shape index (κ2) is 9.13. The third kappa shape index (κ3) is 4.79. The maximum absolute atomic E-state index is 13.0. The summed E-state index contributed by atoms with van der Waals surface area (Å²) in [5.41, 5.74) is 1.46. The number of benzene rings is 2. The quantitative estimate of drug-likeness (QED) is 0.481. The zero-order valence-electron chi connectivity index (χ0n) is 17.7. The van der Waals surface area contributed by atoms with E-state index < -0.39 is 0 Å². The standard InChI is InChI=1S/C24H21FN4O3S/c25-16-5-7-17(8-6-16)26-22(30)15-28-11-13-29(14-12-28)24(31)20-10-9-19(32-20)23-27-18-3-1-2-4-21(18)33-23/h1-10H,11-15H2,(H,26,30). The maximum Gasteiger partial charge on any atom is 0.289 e. The van der Waals surface area contributed by atoms with Crippen molar-refractivity contribution in [1.29, 1.82) is 0 Å². The van der Waals surface area contributed by atoms with E-state index in [-0.39, 0.29) is 29.9 Å². The van der Waals surface area contributed by atoms with Gasteiger partial charge in [-0.15, -0.1) is 11.3 Å². The number of nitrogens with one attached hydrogen (secondary N) is 1. The average molecular weight is 465 g/mol. The number of carbonyl (C=O) groups excluding carboxylic acids is 2. The van der Waals surface area contributed by atoms with Gasteiger partial charge >= 0.3 is 0 Å². The van der Waals surface area contributed by atoms with Gasteiger partial charge < -0.3 is 14.6 Å². The maximum atomic E-state index is 13.0. The van der Waals surface area contributed by atoms with E-state index in [1.54, 1.807) is 17.0 Å². The summed E-state index contributed by atoms with van der Waals surface area (Å²) in [6, 6.07) is 17.0. The number of rotatable bonds is 5. The molecule has 4 aromatic rings. The number of para-hydroxylation sites is 1. The second-order valence-electron chi connectivity index (χ2n) is 7.77. The first-order valence-corrected chi connectivity index (χ1v) is 11.4. The number of furan rings is 1. The minimum atomic E-state index is -0.349. The molecule has 1 N–H and O–H groups in total. The van der Waals surface area contributed by atoms with Gasteiger partial charge in [-0.1, -0.05) is 12.1 Å². The Bertz CT molecular complexity index is 1260. The van der Waals surface area contributed by atoms with Crippen LogP contribution in [0.4, 0.5) is 10.1 Å². The number of thiazole rings is 1. The number of carbonyl (C=O) groups is 2. The summed E-state index contributed by atoms with van der Waals surface area (Å²) in [7, 11) is 0. The molecule has 0 unspecified atom stereocenters. The van der Waals surface area contributed by atoms with E-state index in [1.807, 2.05) is 29.2 Å². The van der Waals surface area contributed by atoms with Crippen molar-refractivity contribution in [2.45, 2.75) is 0 Å². The Morgan fingerprint density at radius 2 is 1.76 bits per heavy atom. The van der Waals surface area contributed by atoms with Crippen LogP contribution in [0.5, 0.6) is 0 Å². The molecule has 1 aliphatic rings. The Balaban J connectivity index is 1.15. The van der Waals surface area contributed by atoms with Gasteiger partial charge in [-0.2, -0.15) is 0 Å². The van der Waals surface area contributed by atoms with Crippen molar-refractivity contribution in [2.75, 3.05) is 38.0 Å². The highest BCUT2D eigenvalue weighted by Crippen LogP contribution is 2.31. The molecule has 9 heteroatoms. The lowest BCUT2D eigenvalue weighted by atomic mass is 10.2. The van der Waals surface area contributed by atoms with E-state index in [9.17, 15) is 14.0 Å². The highest BCUT2D eigenvalue weighted by atomic mass is 32.1. The average Bonchev–Trinajstić information content (AvgIpc) is 3.48. The van der Waals surface area contributed by atoms with Crippen LogP contribution in [-0.2, 0) is 4.79 Å². The van der Waals surface area contributed by atoms with Gasteiger partial charge in [0.15, 0.2) is 16.5 Å². The predicted octanol–water partition coefficient (Wildman–Crippen LogP) is 4.09. The molecule has 5 rings (SSSR count). The Morgan fingerprint density at radius 3 is 2.52 bits per heavy atom. The highest BCUT2D eigenvalue weighted by molar-refractivity contribution is 7.21. The third-order valence-electron chi connectivity index (χ3n) is 5.48. The van der Waals surface area contributed by atoms with Crippen LogP contribution in [0.1, 0.15) is 10.6 Å². The third-order valence-corrected chi connectivity index (χ3v) is 6.53. The molecule has 2 amide bonds. The molecule has 33 heavy (non-hydrogen) atoms. The van der Waals surface area contributed by atoms with Gasteiger partial charge in [0.2, 0.25) is 5.91 Å². The summed E-state index contributed by atoms with van der Waals surface area (Å²) < 4.78 is 19.9. The van der Waals surface area contributed by atoms with Gasteiger partial charge in [0.25, 0.3) is 5.91 Å². The van der Waals surface area contributed by atoms with Crippen molar-refractivity contribution in [2.24, 2.45) is 0 Å². The van der Waals surface area contributed by atoms with Gasteiger partial charge in [-0.25, -0.2) is 9.37 Å². The molecular formula is C24H21FN4O3S. The molecule has 2 aromatic carbocycles. The predicted molar refractivity (Wildman–Crippen MR) is 125 cm³/mol. The van der Waals surface area contributed by atoms with Crippen LogP contribution in [0.25, 0.3) is 21.0 Å². The molecule has 1 fully saturated rings. The Kier molecular flexibility index (Phi) is 5.89. The van der Waals surface area contributed by atoms with Crippen LogP contribution in [0.3, 0.4) is 0 Å². The summed E-state index contributed by atoms with van der Waals surface area (Å²) >= 11 is 1.53. The number of fused-ring (bicyclic) bond motifs is 1. The molecule has 1 aliphatic heterocycles. The number of amides is 2. The molecule has 0 radical (unpaired) electrons. The van der Waals surface area contributed by atoms with Crippen molar-refractivity contribution >= 4 is 39.1 Å². The Hall–Kier alpha value is -3.56. The normalized spacial score (nSPS) is 14.5. The molecule has 0 aliphatic carbocycles. The Morgan fingerprint density at radius 1 is 1.00 bits per heavy atom. The molecule has 0 bridgehead atoms. The first-order valence-electron chi connectivity index (χ1n) is 10.6. The van der Waals surface area contributed by atoms with Crippen molar-refractivity contribution in [3.8, 4) is 10.8 Å². The van der Waals surface area contributed by atoms with E-state index >= 15 is 0 Å². The first-order chi connectivity index (χ1) is 16.0. The van der Waals surface area contributed by atoms with E-state index in [0.717, 1.165) is 15.2 Å². The minimum absolute atomic E-state index is 0.169. The molecule has 0 saturated carbocycles. The number of halogens is 1. The number of hydrogen-bond donors (Lipinski definition) is 1. The highest BCUT2D eigenvalue weighted by Gasteiger charge is 2.25. The number of hydrogen-bond acceptors (Lipinski definition) is 6. The number of nitrogens with zero attached hydrogens (tertiary/aromatic N) is 3. The largest absolute Gasteiger partial charge is 0.448 e. The zero-order chi connectivity index (χ0) is 22.8. The van der Waals surface area contributed by atoms with E-state index in [0.29, 0.717) is 37.6 Å². The van der Waals surface area contributed by atoms with Gasteiger partial charge in [-0.3, -0.25) is 14.5 Å². The zero-order valence-corrected chi connectivity index (χ0v) is 18.5. The monoisotopic (exact) mass is 464 g/mol. The van der Waals surface area contributed by atoms with Gasteiger partial charge in [0.05, 0.1) is 16.8 Å².